The van der Waals surface area contributed by atoms with Crippen molar-refractivity contribution >= 4 is 17.7 Å². The summed E-state index contributed by atoms with van der Waals surface area (Å²) in [5.74, 6) is -1.61. The number of imide groups is 1. The number of carbonyl (C=O) groups excluding carboxylic acids is 3. The summed E-state index contributed by atoms with van der Waals surface area (Å²) in [6.45, 7) is 3.04. The van der Waals surface area contributed by atoms with Gasteiger partial charge < -0.3 is 5.32 Å². The van der Waals surface area contributed by atoms with Gasteiger partial charge in [0, 0.05) is 18.5 Å². The topological polar surface area (TPSA) is 66.5 Å². The van der Waals surface area contributed by atoms with Crippen LogP contribution in [0.25, 0.3) is 0 Å². The Morgan fingerprint density at radius 3 is 2.57 bits per heavy atom. The molecule has 112 valence electrons. The fourth-order valence-electron chi connectivity index (χ4n) is 2.22. The number of hydrogen-bond acceptors (Lipinski definition) is 3. The molecule has 0 radical (unpaired) electrons. The minimum Gasteiger partial charge on any atom is -0.350 e. The molecule has 1 heterocycles. The van der Waals surface area contributed by atoms with Crippen molar-refractivity contribution in [3.63, 3.8) is 0 Å². The Morgan fingerprint density at radius 1 is 1.33 bits per heavy atom. The molecule has 0 spiro atoms. The zero-order valence-corrected chi connectivity index (χ0v) is 12.0. The second kappa shape index (κ2) is 5.63. The molecule has 1 aromatic carbocycles. The van der Waals surface area contributed by atoms with Crippen molar-refractivity contribution in [3.05, 3.63) is 35.6 Å². The van der Waals surface area contributed by atoms with Crippen LogP contribution in [0.3, 0.4) is 0 Å². The van der Waals surface area contributed by atoms with Crippen LogP contribution in [0.5, 0.6) is 0 Å². The highest BCUT2D eigenvalue weighted by molar-refractivity contribution is 6.07. The third-order valence-electron chi connectivity index (χ3n) is 3.45. The van der Waals surface area contributed by atoms with Gasteiger partial charge in [-0.25, -0.2) is 4.39 Å². The standard InChI is InChI=1S/C15H17FN2O3/c1-15(2)7-13(20)18(14(15)21)9-12(19)17-8-10-5-3-4-6-11(10)16/h3-6H,7-9H2,1-2H3,(H,17,19). The second-order valence-electron chi connectivity index (χ2n) is 5.71. The number of nitrogens with zero attached hydrogens (tertiary/aromatic N) is 1. The van der Waals surface area contributed by atoms with Crippen LogP contribution in [-0.4, -0.2) is 29.2 Å². The second-order valence-corrected chi connectivity index (χ2v) is 5.71. The van der Waals surface area contributed by atoms with Crippen LogP contribution in [0.2, 0.25) is 0 Å². The van der Waals surface area contributed by atoms with Gasteiger partial charge in [0.25, 0.3) is 0 Å². The number of rotatable bonds is 4. The van der Waals surface area contributed by atoms with Crippen molar-refractivity contribution in [2.45, 2.75) is 26.8 Å². The molecule has 1 aliphatic heterocycles. The first-order valence-corrected chi connectivity index (χ1v) is 6.66. The Kier molecular flexibility index (Phi) is 4.06. The maximum absolute atomic E-state index is 13.4. The molecule has 6 heteroatoms. The molecule has 1 N–H and O–H groups in total. The normalized spacial score (nSPS) is 17.2. The van der Waals surface area contributed by atoms with Crippen LogP contribution in [0.4, 0.5) is 4.39 Å². The molecule has 0 bridgehead atoms. The van der Waals surface area contributed by atoms with E-state index in [0.29, 0.717) is 5.56 Å². The highest BCUT2D eigenvalue weighted by Crippen LogP contribution is 2.31. The molecule has 0 atom stereocenters. The summed E-state index contributed by atoms with van der Waals surface area (Å²) >= 11 is 0. The molecule has 1 aliphatic rings. The minimum atomic E-state index is -0.761. The van der Waals surface area contributed by atoms with Crippen molar-refractivity contribution in [2.75, 3.05) is 6.54 Å². The first kappa shape index (κ1) is 15.2. The maximum Gasteiger partial charge on any atom is 0.240 e. The van der Waals surface area contributed by atoms with Crippen molar-refractivity contribution in [1.82, 2.24) is 10.2 Å². The molecule has 1 saturated heterocycles. The van der Waals surface area contributed by atoms with Gasteiger partial charge >= 0.3 is 0 Å². The van der Waals surface area contributed by atoms with E-state index in [1.807, 2.05) is 0 Å². The highest BCUT2D eigenvalue weighted by atomic mass is 19.1. The van der Waals surface area contributed by atoms with E-state index >= 15 is 0 Å². The summed E-state index contributed by atoms with van der Waals surface area (Å²) in [5, 5.41) is 2.51. The molecule has 3 amide bonds. The smallest absolute Gasteiger partial charge is 0.240 e. The number of hydrogen-bond donors (Lipinski definition) is 1. The van der Waals surface area contributed by atoms with Gasteiger partial charge in [-0.05, 0) is 6.07 Å². The van der Waals surface area contributed by atoms with E-state index in [1.54, 1.807) is 32.0 Å². The average molecular weight is 292 g/mol. The lowest BCUT2D eigenvalue weighted by atomic mass is 9.92. The van der Waals surface area contributed by atoms with Gasteiger partial charge in [-0.1, -0.05) is 32.0 Å². The molecular weight excluding hydrogens is 275 g/mol. The first-order valence-electron chi connectivity index (χ1n) is 6.66. The van der Waals surface area contributed by atoms with Crippen LogP contribution < -0.4 is 5.32 Å². The van der Waals surface area contributed by atoms with E-state index in [-0.39, 0.29) is 31.3 Å². The number of halogens is 1. The molecule has 1 fully saturated rings. The molecule has 21 heavy (non-hydrogen) atoms. The summed E-state index contributed by atoms with van der Waals surface area (Å²) in [6, 6.07) is 6.09. The Hall–Kier alpha value is -2.24. The van der Waals surface area contributed by atoms with E-state index in [4.69, 9.17) is 0 Å². The van der Waals surface area contributed by atoms with E-state index in [0.717, 1.165) is 4.90 Å². The van der Waals surface area contributed by atoms with Crippen LogP contribution in [0.1, 0.15) is 25.8 Å². The van der Waals surface area contributed by atoms with Gasteiger partial charge in [0.2, 0.25) is 17.7 Å². The van der Waals surface area contributed by atoms with E-state index in [2.05, 4.69) is 5.32 Å². The van der Waals surface area contributed by atoms with E-state index in [9.17, 15) is 18.8 Å². The molecule has 0 unspecified atom stereocenters. The molecule has 2 rings (SSSR count). The van der Waals surface area contributed by atoms with Gasteiger partial charge in [0.05, 0.1) is 5.41 Å². The summed E-state index contributed by atoms with van der Waals surface area (Å²) in [6.07, 6.45) is 0.104. The molecule has 5 nitrogen and oxygen atoms in total. The molecule has 1 aromatic rings. The summed E-state index contributed by atoms with van der Waals surface area (Å²) in [5.41, 5.74) is -0.409. The van der Waals surface area contributed by atoms with E-state index < -0.39 is 17.1 Å². The van der Waals surface area contributed by atoms with Gasteiger partial charge in [-0.3, -0.25) is 19.3 Å². The van der Waals surface area contributed by atoms with E-state index in [1.165, 1.54) is 6.07 Å². The monoisotopic (exact) mass is 292 g/mol. The van der Waals surface area contributed by atoms with Crippen molar-refractivity contribution in [3.8, 4) is 0 Å². The average Bonchev–Trinajstić information content (AvgIpc) is 2.60. The molecular formula is C15H17FN2O3. The Labute approximate surface area is 122 Å². The third-order valence-corrected chi connectivity index (χ3v) is 3.45. The van der Waals surface area contributed by atoms with Gasteiger partial charge in [0.15, 0.2) is 0 Å². The van der Waals surface area contributed by atoms with Crippen LogP contribution in [0, 0.1) is 11.2 Å². The Bertz CT molecular complexity index is 598. The van der Waals surface area contributed by atoms with Gasteiger partial charge in [0.1, 0.15) is 12.4 Å². The number of benzene rings is 1. The van der Waals surface area contributed by atoms with Crippen molar-refractivity contribution in [1.29, 1.82) is 0 Å². The van der Waals surface area contributed by atoms with Crippen LogP contribution in [0.15, 0.2) is 24.3 Å². The zero-order chi connectivity index (χ0) is 15.6. The molecule has 0 saturated carbocycles. The Balaban J connectivity index is 1.93. The van der Waals surface area contributed by atoms with Crippen molar-refractivity contribution < 1.29 is 18.8 Å². The number of nitrogens with one attached hydrogen (secondary N) is 1. The first-order chi connectivity index (χ1) is 9.81. The number of carbonyl (C=O) groups is 3. The summed E-state index contributed by atoms with van der Waals surface area (Å²) in [4.78, 5) is 36.5. The number of likely N-dealkylation sites (tertiary alicyclic amines) is 1. The molecule has 0 aliphatic carbocycles. The Morgan fingerprint density at radius 2 is 2.00 bits per heavy atom. The molecule has 0 aromatic heterocycles. The predicted molar refractivity (Wildman–Crippen MR) is 73.4 cm³/mol. The van der Waals surface area contributed by atoms with Crippen LogP contribution in [-0.2, 0) is 20.9 Å². The maximum atomic E-state index is 13.4. The predicted octanol–water partition coefficient (Wildman–Crippen LogP) is 1.23. The van der Waals surface area contributed by atoms with Gasteiger partial charge in [-0.2, -0.15) is 0 Å². The largest absolute Gasteiger partial charge is 0.350 e. The third kappa shape index (κ3) is 3.26. The summed E-state index contributed by atoms with van der Waals surface area (Å²) < 4.78 is 13.4. The fraction of sp³-hybridized carbons (Fsp3) is 0.400. The zero-order valence-electron chi connectivity index (χ0n) is 12.0. The van der Waals surface area contributed by atoms with Crippen molar-refractivity contribution in [2.24, 2.45) is 5.41 Å². The lowest BCUT2D eigenvalue weighted by Gasteiger charge is -2.17. The lowest BCUT2D eigenvalue weighted by molar-refractivity contribution is -0.144. The van der Waals surface area contributed by atoms with Crippen LogP contribution >= 0.6 is 0 Å². The highest BCUT2D eigenvalue weighted by Gasteiger charge is 2.45. The SMILES string of the molecule is CC1(C)CC(=O)N(CC(=O)NCc2ccccc2F)C1=O. The lowest BCUT2D eigenvalue weighted by Crippen LogP contribution is -2.41. The van der Waals surface area contributed by atoms with Gasteiger partial charge in [-0.15, -0.1) is 0 Å². The summed E-state index contributed by atoms with van der Waals surface area (Å²) in [7, 11) is 0. The number of amides is 3. The quantitative estimate of drug-likeness (QED) is 0.849. The minimum absolute atomic E-state index is 0.0190. The fourth-order valence-corrected chi connectivity index (χ4v) is 2.22.